The van der Waals surface area contributed by atoms with E-state index in [4.69, 9.17) is 0 Å². The lowest BCUT2D eigenvalue weighted by atomic mass is 9.95. The summed E-state index contributed by atoms with van der Waals surface area (Å²) in [5, 5.41) is 11.8. The number of nitrogens with zero attached hydrogens (tertiary/aromatic N) is 2. The molecule has 2 saturated heterocycles. The highest BCUT2D eigenvalue weighted by Crippen LogP contribution is 2.50. The zero-order valence-corrected chi connectivity index (χ0v) is 18.5. The van der Waals surface area contributed by atoms with Gasteiger partial charge in [0.15, 0.2) is 6.04 Å². The van der Waals surface area contributed by atoms with E-state index in [1.165, 1.54) is 23.8 Å². The smallest absolute Gasteiger partial charge is 0.327 e. The summed E-state index contributed by atoms with van der Waals surface area (Å²) >= 11 is 1.35. The number of hydrogen-bond donors (Lipinski definition) is 2. The summed E-state index contributed by atoms with van der Waals surface area (Å²) in [6.07, 6.45) is -0.0593. The van der Waals surface area contributed by atoms with Gasteiger partial charge in [-0.25, -0.2) is 4.79 Å². The molecule has 2 heterocycles. The van der Waals surface area contributed by atoms with Crippen LogP contribution in [0.3, 0.4) is 0 Å². The maximum absolute atomic E-state index is 13.1. The number of amides is 2. The van der Waals surface area contributed by atoms with Gasteiger partial charge in [-0.2, -0.15) is 0 Å². The highest BCUT2D eigenvalue weighted by Gasteiger charge is 2.64. The predicted octanol–water partition coefficient (Wildman–Crippen LogP) is 1.38. The Balaban J connectivity index is 1.80. The van der Waals surface area contributed by atoms with Crippen molar-refractivity contribution >= 4 is 41.2 Å². The van der Waals surface area contributed by atoms with Crippen molar-refractivity contribution in [2.75, 3.05) is 7.11 Å². The first-order valence-corrected chi connectivity index (χ1v) is 10.6. The number of aliphatic imine (C=N–C) groups is 1. The van der Waals surface area contributed by atoms with Crippen LogP contribution in [0.5, 0.6) is 0 Å². The van der Waals surface area contributed by atoms with Gasteiger partial charge < -0.3 is 20.1 Å². The van der Waals surface area contributed by atoms with Crippen molar-refractivity contribution in [3.05, 3.63) is 35.9 Å². The molecule has 0 bridgehead atoms. The number of hydrogen-bond acceptors (Lipinski definition) is 7. The van der Waals surface area contributed by atoms with Crippen LogP contribution in [-0.2, 0) is 23.9 Å². The molecule has 2 amide bonds. The standard InChI is InChI=1S/C21H25N3O6S/c1-11(10-13(25)30-4)22-14(12-8-6-5-7-9-12)17(26)23-15-18(27)24-16(20(28)29)21(2,3)31-19(15)24/h5-9,14-16,19H,10H2,1-4H3,(H,23,26)(H,28,29)/t14?,15-,16-,19+/m0/s1. The van der Waals surface area contributed by atoms with Gasteiger partial charge in [-0.3, -0.25) is 19.4 Å². The van der Waals surface area contributed by atoms with Crippen LogP contribution < -0.4 is 5.32 Å². The van der Waals surface area contributed by atoms with Crippen molar-refractivity contribution in [1.82, 2.24) is 10.2 Å². The molecule has 3 rings (SSSR count). The number of thioether (sulfide) groups is 1. The van der Waals surface area contributed by atoms with Gasteiger partial charge in [-0.15, -0.1) is 11.8 Å². The van der Waals surface area contributed by atoms with Gasteiger partial charge in [0, 0.05) is 10.5 Å². The summed E-state index contributed by atoms with van der Waals surface area (Å²) in [7, 11) is 1.27. The van der Waals surface area contributed by atoms with E-state index in [9.17, 15) is 24.3 Å². The first kappa shape index (κ1) is 22.8. The topological polar surface area (TPSA) is 125 Å². The fourth-order valence-corrected chi connectivity index (χ4v) is 5.47. The molecule has 31 heavy (non-hydrogen) atoms. The van der Waals surface area contributed by atoms with Crippen molar-refractivity contribution in [3.8, 4) is 0 Å². The van der Waals surface area contributed by atoms with Gasteiger partial charge in [0.25, 0.3) is 0 Å². The number of carboxylic acid groups (broad SMARTS) is 1. The number of carbonyl (C=O) groups is 4. The Bertz CT molecular complexity index is 932. The Morgan fingerprint density at radius 3 is 2.52 bits per heavy atom. The zero-order valence-electron chi connectivity index (χ0n) is 17.7. The minimum Gasteiger partial charge on any atom is -0.480 e. The molecule has 2 N–H and O–H groups in total. The Morgan fingerprint density at radius 1 is 1.29 bits per heavy atom. The number of β-lactam (4-membered cyclic amide) rings is 1. The van der Waals surface area contributed by atoms with E-state index < -0.39 is 52.0 Å². The Kier molecular flexibility index (Phi) is 6.40. The van der Waals surface area contributed by atoms with Crippen LogP contribution in [0, 0.1) is 0 Å². The molecule has 9 nitrogen and oxygen atoms in total. The quantitative estimate of drug-likeness (QED) is 0.367. The van der Waals surface area contributed by atoms with Crippen LogP contribution in [0.4, 0.5) is 0 Å². The Hall–Kier alpha value is -2.88. The van der Waals surface area contributed by atoms with Crippen molar-refractivity contribution in [2.24, 2.45) is 4.99 Å². The summed E-state index contributed by atoms with van der Waals surface area (Å²) in [6, 6.07) is 6.08. The average Bonchev–Trinajstić information content (AvgIpc) is 2.98. The number of carboxylic acids is 1. The maximum Gasteiger partial charge on any atom is 0.327 e. The number of fused-ring (bicyclic) bond motifs is 1. The third-order valence-electron chi connectivity index (χ3n) is 5.31. The predicted molar refractivity (Wildman–Crippen MR) is 115 cm³/mol. The average molecular weight is 448 g/mol. The van der Waals surface area contributed by atoms with Crippen LogP contribution in [0.25, 0.3) is 0 Å². The molecule has 1 unspecified atom stereocenters. The minimum absolute atomic E-state index is 0.0593. The van der Waals surface area contributed by atoms with Gasteiger partial charge >= 0.3 is 11.9 Å². The number of rotatable bonds is 7. The summed E-state index contributed by atoms with van der Waals surface area (Å²) < 4.78 is 3.97. The third-order valence-corrected chi connectivity index (χ3v) is 6.89. The number of benzene rings is 1. The number of methoxy groups -OCH3 is 1. The van der Waals surface area contributed by atoms with Gasteiger partial charge in [-0.1, -0.05) is 30.3 Å². The van der Waals surface area contributed by atoms with E-state index in [2.05, 4.69) is 15.0 Å². The molecule has 10 heteroatoms. The molecule has 0 spiro atoms. The summed E-state index contributed by atoms with van der Waals surface area (Å²) in [5.41, 5.74) is 1.02. The summed E-state index contributed by atoms with van der Waals surface area (Å²) in [6.45, 7) is 5.17. The van der Waals surface area contributed by atoms with Crippen LogP contribution in [0.15, 0.2) is 35.3 Å². The first-order valence-electron chi connectivity index (χ1n) is 9.75. The second-order valence-electron chi connectivity index (χ2n) is 8.01. The van der Waals surface area contributed by atoms with Gasteiger partial charge in [0.2, 0.25) is 11.8 Å². The molecule has 2 fully saturated rings. The van der Waals surface area contributed by atoms with Crippen molar-refractivity contribution in [1.29, 1.82) is 0 Å². The highest BCUT2D eigenvalue weighted by molar-refractivity contribution is 8.01. The highest BCUT2D eigenvalue weighted by atomic mass is 32.2. The lowest BCUT2D eigenvalue weighted by Crippen LogP contribution is -2.70. The summed E-state index contributed by atoms with van der Waals surface area (Å²) in [5.74, 6) is -2.46. The van der Waals surface area contributed by atoms with Gasteiger partial charge in [0.1, 0.15) is 17.5 Å². The van der Waals surface area contributed by atoms with E-state index in [1.807, 2.05) is 0 Å². The molecular weight excluding hydrogens is 422 g/mol. The van der Waals surface area contributed by atoms with Gasteiger partial charge in [0.05, 0.1) is 13.5 Å². The Morgan fingerprint density at radius 2 is 1.94 bits per heavy atom. The van der Waals surface area contributed by atoms with E-state index >= 15 is 0 Å². The fraction of sp³-hybridized carbons (Fsp3) is 0.476. The molecule has 1 aromatic carbocycles. The number of carbonyl (C=O) groups excluding carboxylic acids is 3. The Labute approximate surface area is 184 Å². The molecule has 0 saturated carbocycles. The molecule has 1 aromatic rings. The minimum atomic E-state index is -1.07. The third kappa shape index (κ3) is 4.43. The molecular formula is C21H25N3O6S. The number of nitrogens with one attached hydrogen (secondary N) is 1. The fourth-order valence-electron chi connectivity index (χ4n) is 3.84. The molecule has 0 aromatic heterocycles. The van der Waals surface area contributed by atoms with Crippen molar-refractivity contribution in [2.45, 2.75) is 55.4 Å². The van der Waals surface area contributed by atoms with E-state index in [0.717, 1.165) is 0 Å². The lowest BCUT2D eigenvalue weighted by molar-refractivity contribution is -0.161. The second-order valence-corrected chi connectivity index (χ2v) is 9.79. The van der Waals surface area contributed by atoms with E-state index in [-0.39, 0.29) is 6.42 Å². The molecule has 166 valence electrons. The van der Waals surface area contributed by atoms with E-state index in [1.54, 1.807) is 51.1 Å². The van der Waals surface area contributed by atoms with Crippen LogP contribution in [0.2, 0.25) is 0 Å². The normalized spacial score (nSPS) is 25.3. The molecule has 2 aliphatic rings. The number of ether oxygens (including phenoxy) is 1. The lowest BCUT2D eigenvalue weighted by Gasteiger charge is -2.43. The van der Waals surface area contributed by atoms with Crippen molar-refractivity contribution in [3.63, 3.8) is 0 Å². The van der Waals surface area contributed by atoms with Crippen molar-refractivity contribution < 1.29 is 29.0 Å². The van der Waals surface area contributed by atoms with Crippen LogP contribution in [0.1, 0.15) is 38.8 Å². The van der Waals surface area contributed by atoms with Crippen LogP contribution >= 0.6 is 11.8 Å². The molecule has 2 aliphatic heterocycles. The number of esters is 1. The monoisotopic (exact) mass is 447 g/mol. The zero-order chi connectivity index (χ0) is 22.9. The molecule has 0 aliphatic carbocycles. The molecule has 4 atom stereocenters. The maximum atomic E-state index is 13.1. The van der Waals surface area contributed by atoms with Gasteiger partial charge in [-0.05, 0) is 26.3 Å². The largest absolute Gasteiger partial charge is 0.480 e. The van der Waals surface area contributed by atoms with E-state index in [0.29, 0.717) is 11.3 Å². The first-order chi connectivity index (χ1) is 14.6. The van der Waals surface area contributed by atoms with Crippen LogP contribution in [-0.4, -0.2) is 68.8 Å². The number of aliphatic carboxylic acids is 1. The molecule has 0 radical (unpaired) electrons. The summed E-state index contributed by atoms with van der Waals surface area (Å²) in [4.78, 5) is 54.7. The second kappa shape index (κ2) is 8.70. The SMILES string of the molecule is COC(=O)CC(C)=NC(C(=O)N[C@H]1C(=O)N2[C@@H]1SC(C)(C)[C@@H]2C(=O)O)c1ccccc1.